The van der Waals surface area contributed by atoms with Gasteiger partial charge < -0.3 is 0 Å². The van der Waals surface area contributed by atoms with Crippen LogP contribution in [-0.2, 0) is 6.42 Å². The lowest BCUT2D eigenvalue weighted by molar-refractivity contribution is 0.102. The number of halogens is 3. The van der Waals surface area contributed by atoms with Crippen LogP contribution < -0.4 is 5.32 Å². The van der Waals surface area contributed by atoms with E-state index in [9.17, 15) is 4.79 Å². The molecule has 1 amide bonds. The Hall–Kier alpha value is -1.59. The van der Waals surface area contributed by atoms with E-state index in [4.69, 9.17) is 34.8 Å². The summed E-state index contributed by atoms with van der Waals surface area (Å²) in [4.78, 5) is 17.4. The largest absolute Gasteiger partial charge is 0.298 e. The van der Waals surface area contributed by atoms with E-state index in [-0.39, 0.29) is 5.91 Å². The van der Waals surface area contributed by atoms with Gasteiger partial charge in [0.15, 0.2) is 5.13 Å². The lowest BCUT2D eigenvalue weighted by Gasteiger charge is -2.02. The minimum atomic E-state index is -0.220. The quantitative estimate of drug-likeness (QED) is 0.591. The fraction of sp³-hybridized carbons (Fsp3) is 0.0588. The summed E-state index contributed by atoms with van der Waals surface area (Å²) in [6.07, 6.45) is 2.41. The number of nitrogens with one attached hydrogen (secondary N) is 1. The molecule has 0 aliphatic carbocycles. The van der Waals surface area contributed by atoms with Gasteiger partial charge in [0.05, 0.1) is 10.0 Å². The Morgan fingerprint density at radius 3 is 2.50 bits per heavy atom. The van der Waals surface area contributed by atoms with Gasteiger partial charge >= 0.3 is 0 Å². The van der Waals surface area contributed by atoms with E-state index in [0.29, 0.717) is 32.2 Å². The third-order valence-corrected chi connectivity index (χ3v) is 5.15. The van der Waals surface area contributed by atoms with Crippen molar-refractivity contribution in [2.75, 3.05) is 5.32 Å². The van der Waals surface area contributed by atoms with Crippen molar-refractivity contribution in [1.29, 1.82) is 0 Å². The Bertz CT molecular complexity index is 878. The summed E-state index contributed by atoms with van der Waals surface area (Å²) < 4.78 is 0. The first-order chi connectivity index (χ1) is 11.5. The van der Waals surface area contributed by atoms with Gasteiger partial charge in [-0.25, -0.2) is 4.98 Å². The van der Waals surface area contributed by atoms with Crippen LogP contribution in [0.25, 0.3) is 0 Å². The Morgan fingerprint density at radius 1 is 1.04 bits per heavy atom. The molecular formula is C17H11Cl3N2OS. The van der Waals surface area contributed by atoms with Crippen molar-refractivity contribution < 1.29 is 4.79 Å². The first-order valence-corrected chi connectivity index (χ1v) is 8.92. The second-order valence-corrected chi connectivity index (χ2v) is 7.38. The summed E-state index contributed by atoms with van der Waals surface area (Å²) in [5, 5.41) is 4.97. The second-order valence-electron chi connectivity index (χ2n) is 5.02. The number of carbonyl (C=O) groups is 1. The fourth-order valence-electron chi connectivity index (χ4n) is 2.07. The zero-order chi connectivity index (χ0) is 17.1. The highest BCUT2D eigenvalue weighted by Crippen LogP contribution is 2.26. The lowest BCUT2D eigenvalue weighted by atomic mass is 10.1. The SMILES string of the molecule is O=C(Nc1ncc(Cc2ccc(Cl)c(Cl)c2)s1)c1ccc(Cl)cc1. The maximum Gasteiger partial charge on any atom is 0.257 e. The number of nitrogens with zero attached hydrogens (tertiary/aromatic N) is 1. The predicted octanol–water partition coefficient (Wildman–Crippen LogP) is 5.95. The molecule has 2 aromatic carbocycles. The summed E-state index contributed by atoms with van der Waals surface area (Å²) in [7, 11) is 0. The van der Waals surface area contributed by atoms with Crippen LogP contribution in [0.2, 0.25) is 15.1 Å². The highest BCUT2D eigenvalue weighted by Gasteiger charge is 2.10. The van der Waals surface area contributed by atoms with Crippen molar-refractivity contribution in [3.05, 3.63) is 79.7 Å². The number of carbonyl (C=O) groups excluding carboxylic acids is 1. The number of thiazole rings is 1. The fourth-order valence-corrected chi connectivity index (χ4v) is 3.36. The summed E-state index contributed by atoms with van der Waals surface area (Å²) in [5.74, 6) is -0.220. The maximum absolute atomic E-state index is 12.2. The Labute approximate surface area is 158 Å². The van der Waals surface area contributed by atoms with Crippen LogP contribution in [0, 0.1) is 0 Å². The molecule has 3 nitrogen and oxygen atoms in total. The molecule has 0 fully saturated rings. The van der Waals surface area contributed by atoms with Crippen molar-refractivity contribution in [3.8, 4) is 0 Å². The molecule has 1 N–H and O–H groups in total. The van der Waals surface area contributed by atoms with Crippen LogP contribution in [0.1, 0.15) is 20.8 Å². The Balaban J connectivity index is 1.67. The third kappa shape index (κ3) is 4.28. The minimum absolute atomic E-state index is 0.220. The van der Waals surface area contributed by atoms with Crippen LogP contribution in [0.5, 0.6) is 0 Å². The van der Waals surface area contributed by atoms with E-state index in [2.05, 4.69) is 10.3 Å². The first kappa shape index (κ1) is 17.2. The molecule has 0 saturated carbocycles. The number of rotatable bonds is 4. The molecular weight excluding hydrogens is 387 g/mol. The van der Waals surface area contributed by atoms with Crippen LogP contribution in [0.4, 0.5) is 5.13 Å². The predicted molar refractivity (Wildman–Crippen MR) is 101 cm³/mol. The molecule has 24 heavy (non-hydrogen) atoms. The van der Waals surface area contributed by atoms with Gasteiger partial charge in [-0.2, -0.15) is 0 Å². The molecule has 0 radical (unpaired) electrons. The topological polar surface area (TPSA) is 42.0 Å². The Morgan fingerprint density at radius 2 is 1.79 bits per heavy atom. The van der Waals surface area contributed by atoms with Gasteiger partial charge in [0.1, 0.15) is 0 Å². The normalized spacial score (nSPS) is 10.6. The monoisotopic (exact) mass is 396 g/mol. The minimum Gasteiger partial charge on any atom is -0.298 e. The van der Waals surface area contributed by atoms with Crippen molar-refractivity contribution in [3.63, 3.8) is 0 Å². The summed E-state index contributed by atoms with van der Waals surface area (Å²) in [6.45, 7) is 0. The van der Waals surface area contributed by atoms with E-state index < -0.39 is 0 Å². The highest BCUT2D eigenvalue weighted by molar-refractivity contribution is 7.15. The number of anilines is 1. The lowest BCUT2D eigenvalue weighted by Crippen LogP contribution is -2.11. The number of aromatic nitrogens is 1. The van der Waals surface area contributed by atoms with E-state index in [1.54, 1.807) is 36.5 Å². The molecule has 7 heteroatoms. The standard InChI is InChI=1S/C17H11Cl3N2OS/c18-12-4-2-11(3-5-12)16(23)22-17-21-9-13(24-17)7-10-1-6-14(19)15(20)8-10/h1-6,8-9H,7H2,(H,21,22,23). The average molecular weight is 398 g/mol. The van der Waals surface area contributed by atoms with Gasteiger partial charge in [0.2, 0.25) is 0 Å². The molecule has 0 atom stereocenters. The van der Waals surface area contributed by atoms with Crippen LogP contribution in [0.3, 0.4) is 0 Å². The van der Waals surface area contributed by atoms with E-state index >= 15 is 0 Å². The van der Waals surface area contributed by atoms with Crippen molar-refractivity contribution in [2.45, 2.75) is 6.42 Å². The molecule has 1 aromatic heterocycles. The van der Waals surface area contributed by atoms with Crippen molar-refractivity contribution in [1.82, 2.24) is 4.98 Å². The summed E-state index contributed by atoms with van der Waals surface area (Å²) in [5.41, 5.74) is 1.56. The van der Waals surface area contributed by atoms with Crippen molar-refractivity contribution in [2.24, 2.45) is 0 Å². The van der Waals surface area contributed by atoms with E-state index in [1.807, 2.05) is 12.1 Å². The molecule has 0 bridgehead atoms. The van der Waals surface area contributed by atoms with Crippen LogP contribution >= 0.6 is 46.1 Å². The zero-order valence-electron chi connectivity index (χ0n) is 12.2. The third-order valence-electron chi connectivity index (χ3n) is 3.24. The van der Waals surface area contributed by atoms with Gasteiger partial charge in [-0.1, -0.05) is 40.9 Å². The van der Waals surface area contributed by atoms with Gasteiger partial charge in [0.25, 0.3) is 5.91 Å². The van der Waals surface area contributed by atoms with Crippen LogP contribution in [0.15, 0.2) is 48.7 Å². The second kappa shape index (κ2) is 7.53. The Kier molecular flexibility index (Phi) is 5.41. The molecule has 3 rings (SSSR count). The highest BCUT2D eigenvalue weighted by atomic mass is 35.5. The molecule has 3 aromatic rings. The molecule has 1 heterocycles. The molecule has 122 valence electrons. The number of hydrogen-bond donors (Lipinski definition) is 1. The van der Waals surface area contributed by atoms with Gasteiger partial charge in [-0.15, -0.1) is 11.3 Å². The number of amides is 1. The number of benzene rings is 2. The molecule has 0 spiro atoms. The summed E-state index contributed by atoms with van der Waals surface area (Å²) >= 11 is 19.2. The molecule has 0 unspecified atom stereocenters. The van der Waals surface area contributed by atoms with Crippen LogP contribution in [-0.4, -0.2) is 10.9 Å². The van der Waals surface area contributed by atoms with Gasteiger partial charge in [0, 0.05) is 28.1 Å². The van der Waals surface area contributed by atoms with E-state index in [0.717, 1.165) is 10.4 Å². The average Bonchev–Trinajstić information content (AvgIpc) is 2.98. The van der Waals surface area contributed by atoms with Gasteiger partial charge in [-0.3, -0.25) is 10.1 Å². The molecule has 0 aliphatic rings. The van der Waals surface area contributed by atoms with Crippen molar-refractivity contribution >= 4 is 57.2 Å². The summed E-state index contributed by atoms with van der Waals surface area (Å²) in [6, 6.07) is 12.2. The smallest absolute Gasteiger partial charge is 0.257 e. The maximum atomic E-state index is 12.2. The molecule has 0 aliphatic heterocycles. The first-order valence-electron chi connectivity index (χ1n) is 6.97. The number of hydrogen-bond acceptors (Lipinski definition) is 3. The van der Waals surface area contributed by atoms with E-state index in [1.165, 1.54) is 11.3 Å². The van der Waals surface area contributed by atoms with Gasteiger partial charge in [-0.05, 0) is 42.0 Å². The molecule has 0 saturated heterocycles. The zero-order valence-corrected chi connectivity index (χ0v) is 15.3.